The Balaban J connectivity index is 1.39. The summed E-state index contributed by atoms with van der Waals surface area (Å²) < 4.78 is 7.67. The van der Waals surface area contributed by atoms with Gasteiger partial charge in [-0.25, -0.2) is 4.79 Å². The molecule has 6 heteroatoms. The van der Waals surface area contributed by atoms with Gasteiger partial charge in [-0.3, -0.25) is 4.79 Å². The molecule has 6 nitrogen and oxygen atoms in total. The molecule has 0 spiro atoms. The van der Waals surface area contributed by atoms with Crippen LogP contribution in [0.3, 0.4) is 0 Å². The van der Waals surface area contributed by atoms with Crippen molar-refractivity contribution in [1.82, 2.24) is 9.47 Å². The number of ketones is 1. The molecule has 1 aliphatic heterocycles. The highest BCUT2D eigenvalue weighted by atomic mass is 16.6. The van der Waals surface area contributed by atoms with E-state index in [0.717, 1.165) is 29.3 Å². The summed E-state index contributed by atoms with van der Waals surface area (Å²) in [6.45, 7) is 1.61. The molecule has 1 saturated heterocycles. The van der Waals surface area contributed by atoms with Gasteiger partial charge in [-0.05, 0) is 35.9 Å². The maximum Gasteiger partial charge on any atom is 0.410 e. The minimum Gasteiger partial charge on any atom is -0.445 e. The summed E-state index contributed by atoms with van der Waals surface area (Å²) in [4.78, 5) is 26.1. The molecule has 29 heavy (non-hydrogen) atoms. The van der Waals surface area contributed by atoms with Crippen molar-refractivity contribution in [3.63, 3.8) is 0 Å². The monoisotopic (exact) mass is 391 g/mol. The number of rotatable bonds is 5. The Kier molecular flexibility index (Phi) is 5.62. The van der Waals surface area contributed by atoms with Crippen molar-refractivity contribution >= 4 is 22.8 Å². The number of likely N-dealkylation sites (tertiary alicyclic amines) is 1. The highest BCUT2D eigenvalue weighted by molar-refractivity contribution is 6.00. The van der Waals surface area contributed by atoms with Crippen LogP contribution in [0.4, 0.5) is 4.79 Å². The van der Waals surface area contributed by atoms with E-state index in [9.17, 15) is 9.59 Å². The lowest BCUT2D eigenvalue weighted by molar-refractivity contribution is 0.0834. The van der Waals surface area contributed by atoms with Gasteiger partial charge >= 0.3 is 6.09 Å². The normalized spacial score (nSPS) is 14.9. The van der Waals surface area contributed by atoms with Crippen molar-refractivity contribution < 1.29 is 14.3 Å². The summed E-state index contributed by atoms with van der Waals surface area (Å²) in [6.07, 6.45) is 3.49. The van der Waals surface area contributed by atoms with E-state index < -0.39 is 0 Å². The number of carbonyl (C=O) groups excluding carboxylic acids is 2. The second kappa shape index (κ2) is 8.49. The van der Waals surface area contributed by atoms with Crippen LogP contribution in [0, 0.1) is 0 Å². The summed E-state index contributed by atoms with van der Waals surface area (Å²) >= 11 is 0. The van der Waals surface area contributed by atoms with Gasteiger partial charge in [-0.15, -0.1) is 0 Å². The Labute approximate surface area is 169 Å². The third-order valence-electron chi connectivity index (χ3n) is 5.55. The van der Waals surface area contributed by atoms with E-state index in [1.807, 2.05) is 48.5 Å². The Hall–Kier alpha value is -3.12. The van der Waals surface area contributed by atoms with Gasteiger partial charge in [-0.2, -0.15) is 0 Å². The van der Waals surface area contributed by atoms with Crippen LogP contribution in [0.1, 0.15) is 34.8 Å². The van der Waals surface area contributed by atoms with Gasteiger partial charge in [0.05, 0.1) is 6.54 Å². The number of hydrogen-bond acceptors (Lipinski definition) is 4. The molecule has 0 aliphatic carbocycles. The highest BCUT2D eigenvalue weighted by Gasteiger charge is 2.25. The van der Waals surface area contributed by atoms with E-state index in [1.165, 1.54) is 0 Å². The predicted molar refractivity (Wildman–Crippen MR) is 112 cm³/mol. The first-order valence-electron chi connectivity index (χ1n) is 9.95. The minimum atomic E-state index is -0.263. The second-order valence-corrected chi connectivity index (χ2v) is 7.38. The number of ether oxygens (including phenoxy) is 1. The number of piperidine rings is 1. The average Bonchev–Trinajstić information content (AvgIpc) is 3.21. The number of amides is 1. The fourth-order valence-electron chi connectivity index (χ4n) is 3.90. The molecule has 1 aromatic heterocycles. The van der Waals surface area contributed by atoms with Crippen LogP contribution in [0.15, 0.2) is 60.8 Å². The van der Waals surface area contributed by atoms with Gasteiger partial charge in [0.25, 0.3) is 0 Å². The number of carbonyl (C=O) groups is 2. The van der Waals surface area contributed by atoms with Crippen LogP contribution in [0.2, 0.25) is 0 Å². The molecule has 0 radical (unpaired) electrons. The van der Waals surface area contributed by atoms with E-state index in [0.29, 0.717) is 25.3 Å². The third kappa shape index (κ3) is 4.17. The molecule has 1 amide bonds. The molecule has 2 heterocycles. The van der Waals surface area contributed by atoms with Crippen LogP contribution in [0.25, 0.3) is 10.9 Å². The van der Waals surface area contributed by atoms with Crippen LogP contribution in [-0.2, 0) is 11.3 Å². The molecule has 4 rings (SSSR count). The minimum absolute atomic E-state index is 0.00962. The summed E-state index contributed by atoms with van der Waals surface area (Å²) in [5, 5.41) is 1.10. The van der Waals surface area contributed by atoms with Gasteiger partial charge in [0, 0.05) is 36.4 Å². The van der Waals surface area contributed by atoms with E-state index in [2.05, 4.69) is 16.8 Å². The summed E-state index contributed by atoms with van der Waals surface area (Å²) in [6, 6.07) is 17.8. The Morgan fingerprint density at radius 1 is 1.03 bits per heavy atom. The number of nitrogens with zero attached hydrogens (tertiary/aromatic N) is 2. The van der Waals surface area contributed by atoms with Crippen molar-refractivity contribution in [2.24, 2.45) is 5.73 Å². The fourth-order valence-corrected chi connectivity index (χ4v) is 3.90. The van der Waals surface area contributed by atoms with Gasteiger partial charge in [-0.1, -0.05) is 42.5 Å². The van der Waals surface area contributed by atoms with Gasteiger partial charge in [0.2, 0.25) is 0 Å². The largest absolute Gasteiger partial charge is 0.445 e. The Morgan fingerprint density at radius 3 is 2.52 bits per heavy atom. The van der Waals surface area contributed by atoms with Crippen LogP contribution < -0.4 is 5.73 Å². The molecule has 0 atom stereocenters. The van der Waals surface area contributed by atoms with Gasteiger partial charge < -0.3 is 19.9 Å². The average molecular weight is 391 g/mol. The van der Waals surface area contributed by atoms with Crippen molar-refractivity contribution in [1.29, 1.82) is 0 Å². The molecule has 3 aromatic rings. The molecule has 1 aliphatic rings. The molecule has 2 N–H and O–H groups in total. The molecular weight excluding hydrogens is 366 g/mol. The summed E-state index contributed by atoms with van der Waals surface area (Å²) in [5.74, 6) is -0.0596. The topological polar surface area (TPSA) is 77.6 Å². The zero-order valence-corrected chi connectivity index (χ0v) is 16.3. The number of Topliss-reactive ketones (excluding diaryl/α,β-unsaturated/α-hetero) is 1. The molecule has 150 valence electrons. The molecule has 0 saturated carbocycles. The van der Waals surface area contributed by atoms with E-state index >= 15 is 0 Å². The van der Waals surface area contributed by atoms with Crippen molar-refractivity contribution in [2.75, 3.05) is 19.6 Å². The standard InChI is InChI=1S/C23H25N3O3/c24-15-22(27)19-7-6-18-8-13-26(21(18)14-19)20-9-11-25(12-10-20)23(28)29-16-17-4-2-1-3-5-17/h1-8,13-14,20H,9-12,15-16,24H2. The Bertz CT molecular complexity index is 1000. The maximum atomic E-state index is 12.4. The lowest BCUT2D eigenvalue weighted by Crippen LogP contribution is -2.39. The van der Waals surface area contributed by atoms with E-state index in [1.54, 1.807) is 4.90 Å². The number of benzene rings is 2. The number of nitrogens with two attached hydrogens (primary N) is 1. The first kappa shape index (κ1) is 19.2. The maximum absolute atomic E-state index is 12.4. The smallest absolute Gasteiger partial charge is 0.410 e. The third-order valence-corrected chi connectivity index (χ3v) is 5.55. The van der Waals surface area contributed by atoms with E-state index in [-0.39, 0.29) is 24.5 Å². The van der Waals surface area contributed by atoms with Gasteiger partial charge in [0.1, 0.15) is 6.61 Å². The summed E-state index contributed by atoms with van der Waals surface area (Å²) in [5.41, 5.74) is 8.16. The highest BCUT2D eigenvalue weighted by Crippen LogP contribution is 2.29. The number of hydrogen-bond donors (Lipinski definition) is 1. The van der Waals surface area contributed by atoms with Crippen LogP contribution in [0.5, 0.6) is 0 Å². The zero-order valence-electron chi connectivity index (χ0n) is 16.3. The molecule has 0 unspecified atom stereocenters. The number of aromatic nitrogens is 1. The van der Waals surface area contributed by atoms with Crippen LogP contribution >= 0.6 is 0 Å². The molecular formula is C23H25N3O3. The first-order valence-corrected chi connectivity index (χ1v) is 9.95. The Morgan fingerprint density at radius 2 is 1.79 bits per heavy atom. The van der Waals surface area contributed by atoms with Gasteiger partial charge in [0.15, 0.2) is 5.78 Å². The van der Waals surface area contributed by atoms with Crippen molar-refractivity contribution in [3.8, 4) is 0 Å². The zero-order chi connectivity index (χ0) is 20.2. The van der Waals surface area contributed by atoms with Crippen molar-refractivity contribution in [2.45, 2.75) is 25.5 Å². The molecule has 2 aromatic carbocycles. The molecule has 0 bridgehead atoms. The summed E-state index contributed by atoms with van der Waals surface area (Å²) in [7, 11) is 0. The van der Waals surface area contributed by atoms with E-state index in [4.69, 9.17) is 10.5 Å². The quantitative estimate of drug-likeness (QED) is 0.672. The predicted octanol–water partition coefficient (Wildman–Crippen LogP) is 3.76. The van der Waals surface area contributed by atoms with Crippen LogP contribution in [-0.4, -0.2) is 41.0 Å². The second-order valence-electron chi connectivity index (χ2n) is 7.38. The SMILES string of the molecule is NCC(=O)c1ccc2ccn(C3CCN(C(=O)OCc4ccccc4)CC3)c2c1. The lowest BCUT2D eigenvalue weighted by atomic mass is 10.0. The first-order chi connectivity index (χ1) is 14.2. The lowest BCUT2D eigenvalue weighted by Gasteiger charge is -2.32. The fraction of sp³-hybridized carbons (Fsp3) is 0.304. The number of fused-ring (bicyclic) bond motifs is 1. The molecule has 1 fully saturated rings. The van der Waals surface area contributed by atoms with Crippen molar-refractivity contribution in [3.05, 3.63) is 71.9 Å².